The van der Waals surface area contributed by atoms with Gasteiger partial charge in [-0.3, -0.25) is 4.98 Å². The molecule has 3 rings (SSSR count). The lowest BCUT2D eigenvalue weighted by Crippen LogP contribution is -1.99. The van der Waals surface area contributed by atoms with E-state index in [1.54, 1.807) is 13.3 Å². The molecule has 0 radical (unpaired) electrons. The minimum absolute atomic E-state index is 0.155. The van der Waals surface area contributed by atoms with Crippen LogP contribution in [-0.2, 0) is 0 Å². The molecule has 0 bridgehead atoms. The molecule has 2 heterocycles. The van der Waals surface area contributed by atoms with Crippen LogP contribution in [0.1, 0.15) is 0 Å². The Kier molecular flexibility index (Phi) is 3.35. The summed E-state index contributed by atoms with van der Waals surface area (Å²) in [4.78, 5) is 12.4. The molecule has 100 valence electrons. The first-order valence-corrected chi connectivity index (χ1v) is 6.32. The SMILES string of the molecule is COc1cnc(Cl)nc1Nc1cnc2ccccc2c1. The van der Waals surface area contributed by atoms with Crippen LogP contribution in [0.25, 0.3) is 10.9 Å². The van der Waals surface area contributed by atoms with Crippen molar-refractivity contribution in [1.29, 1.82) is 0 Å². The molecule has 0 unspecified atom stereocenters. The predicted octanol–water partition coefficient (Wildman–Crippen LogP) is 3.43. The van der Waals surface area contributed by atoms with Crippen molar-refractivity contribution in [1.82, 2.24) is 15.0 Å². The Morgan fingerprint density at radius 1 is 1.15 bits per heavy atom. The fraction of sp³-hybridized carbons (Fsp3) is 0.0714. The number of hydrogen-bond donors (Lipinski definition) is 1. The van der Waals surface area contributed by atoms with Gasteiger partial charge < -0.3 is 10.1 Å². The number of pyridine rings is 1. The van der Waals surface area contributed by atoms with E-state index < -0.39 is 0 Å². The Morgan fingerprint density at radius 3 is 2.85 bits per heavy atom. The van der Waals surface area contributed by atoms with E-state index in [0.717, 1.165) is 16.6 Å². The van der Waals surface area contributed by atoms with Crippen molar-refractivity contribution in [2.45, 2.75) is 0 Å². The number of benzene rings is 1. The van der Waals surface area contributed by atoms with Gasteiger partial charge in [0.2, 0.25) is 5.28 Å². The average molecular weight is 287 g/mol. The summed E-state index contributed by atoms with van der Waals surface area (Å²) < 4.78 is 5.19. The van der Waals surface area contributed by atoms with Crippen molar-refractivity contribution in [3.8, 4) is 5.75 Å². The average Bonchev–Trinajstić information content (AvgIpc) is 2.47. The molecular formula is C14H11ClN4O. The molecule has 3 aromatic rings. The molecule has 0 aliphatic carbocycles. The molecule has 0 aliphatic heterocycles. The van der Waals surface area contributed by atoms with Crippen LogP contribution in [0.4, 0.5) is 11.5 Å². The standard InChI is InChI=1S/C14H11ClN4O/c1-20-12-8-17-14(15)19-13(12)18-10-6-9-4-2-3-5-11(9)16-7-10/h2-8H,1H3,(H,17,18,19). The maximum atomic E-state index is 5.80. The van der Waals surface area contributed by atoms with E-state index >= 15 is 0 Å². The molecule has 0 saturated carbocycles. The van der Waals surface area contributed by atoms with Crippen LogP contribution in [0.2, 0.25) is 5.28 Å². The van der Waals surface area contributed by atoms with E-state index in [2.05, 4.69) is 20.3 Å². The number of para-hydroxylation sites is 1. The van der Waals surface area contributed by atoms with Gasteiger partial charge >= 0.3 is 0 Å². The lowest BCUT2D eigenvalue weighted by molar-refractivity contribution is 0.413. The van der Waals surface area contributed by atoms with Crippen LogP contribution in [0, 0.1) is 0 Å². The first kappa shape index (κ1) is 12.6. The topological polar surface area (TPSA) is 59.9 Å². The molecule has 1 aromatic carbocycles. The van der Waals surface area contributed by atoms with Gasteiger partial charge in [0.1, 0.15) is 0 Å². The summed E-state index contributed by atoms with van der Waals surface area (Å²) in [6.07, 6.45) is 3.25. The van der Waals surface area contributed by atoms with E-state index in [-0.39, 0.29) is 5.28 Å². The Hall–Kier alpha value is -2.40. The lowest BCUT2D eigenvalue weighted by Gasteiger charge is -2.10. The van der Waals surface area contributed by atoms with Gasteiger partial charge in [0.25, 0.3) is 0 Å². The highest BCUT2D eigenvalue weighted by Crippen LogP contribution is 2.26. The summed E-state index contributed by atoms with van der Waals surface area (Å²) in [7, 11) is 1.55. The molecule has 1 N–H and O–H groups in total. The second-order valence-electron chi connectivity index (χ2n) is 4.10. The number of anilines is 2. The molecule has 0 amide bonds. The van der Waals surface area contributed by atoms with Crippen molar-refractivity contribution < 1.29 is 4.74 Å². The third kappa shape index (κ3) is 2.48. The van der Waals surface area contributed by atoms with Crippen molar-refractivity contribution in [2.75, 3.05) is 12.4 Å². The van der Waals surface area contributed by atoms with Gasteiger partial charge in [-0.05, 0) is 23.7 Å². The van der Waals surface area contributed by atoms with E-state index in [4.69, 9.17) is 16.3 Å². The number of nitrogens with zero attached hydrogens (tertiary/aromatic N) is 3. The third-order valence-corrected chi connectivity index (χ3v) is 2.98. The molecule has 20 heavy (non-hydrogen) atoms. The first-order chi connectivity index (χ1) is 9.76. The molecular weight excluding hydrogens is 276 g/mol. The summed E-state index contributed by atoms with van der Waals surface area (Å²) in [5.41, 5.74) is 1.74. The highest BCUT2D eigenvalue weighted by Gasteiger charge is 2.07. The van der Waals surface area contributed by atoms with Gasteiger partial charge in [0, 0.05) is 5.39 Å². The number of ether oxygens (including phenoxy) is 1. The number of hydrogen-bond acceptors (Lipinski definition) is 5. The molecule has 0 aliphatic rings. The second-order valence-corrected chi connectivity index (χ2v) is 4.44. The van der Waals surface area contributed by atoms with Crippen molar-refractivity contribution in [2.24, 2.45) is 0 Å². The lowest BCUT2D eigenvalue weighted by atomic mass is 10.2. The normalized spacial score (nSPS) is 10.5. The monoisotopic (exact) mass is 286 g/mol. The Labute approximate surface area is 120 Å². The van der Waals surface area contributed by atoms with Crippen LogP contribution in [0.3, 0.4) is 0 Å². The summed E-state index contributed by atoms with van der Waals surface area (Å²) in [6.45, 7) is 0. The zero-order valence-electron chi connectivity index (χ0n) is 10.7. The van der Waals surface area contributed by atoms with Crippen molar-refractivity contribution in [3.63, 3.8) is 0 Å². The van der Waals surface area contributed by atoms with Gasteiger partial charge in [-0.15, -0.1) is 0 Å². The summed E-state index contributed by atoms with van der Waals surface area (Å²) in [6, 6.07) is 9.86. The zero-order valence-corrected chi connectivity index (χ0v) is 11.4. The second kappa shape index (κ2) is 5.30. The minimum Gasteiger partial charge on any atom is -0.491 e. The highest BCUT2D eigenvalue weighted by molar-refractivity contribution is 6.28. The van der Waals surface area contributed by atoms with E-state index in [0.29, 0.717) is 11.6 Å². The number of nitrogens with one attached hydrogen (secondary N) is 1. The first-order valence-electron chi connectivity index (χ1n) is 5.94. The highest BCUT2D eigenvalue weighted by atomic mass is 35.5. The molecule has 0 atom stereocenters. The Balaban J connectivity index is 1.98. The summed E-state index contributed by atoms with van der Waals surface area (Å²) in [5.74, 6) is 1.02. The maximum Gasteiger partial charge on any atom is 0.224 e. The third-order valence-electron chi connectivity index (χ3n) is 2.80. The Morgan fingerprint density at radius 2 is 2.00 bits per heavy atom. The van der Waals surface area contributed by atoms with Crippen LogP contribution >= 0.6 is 11.6 Å². The molecule has 0 spiro atoms. The van der Waals surface area contributed by atoms with E-state index in [1.807, 2.05) is 30.3 Å². The van der Waals surface area contributed by atoms with E-state index in [9.17, 15) is 0 Å². The molecule has 0 fully saturated rings. The number of fused-ring (bicyclic) bond motifs is 1. The van der Waals surface area contributed by atoms with Crippen LogP contribution in [0.5, 0.6) is 5.75 Å². The fourth-order valence-corrected chi connectivity index (χ4v) is 2.00. The fourth-order valence-electron chi connectivity index (χ4n) is 1.86. The number of halogens is 1. The minimum atomic E-state index is 0.155. The summed E-state index contributed by atoms with van der Waals surface area (Å²) >= 11 is 5.80. The van der Waals surface area contributed by atoms with Crippen molar-refractivity contribution in [3.05, 3.63) is 48.0 Å². The summed E-state index contributed by atoms with van der Waals surface area (Å²) in [5, 5.41) is 4.33. The van der Waals surface area contributed by atoms with Gasteiger partial charge in [-0.25, -0.2) is 4.98 Å². The molecule has 0 saturated heterocycles. The Bertz CT molecular complexity index is 763. The molecule has 6 heteroatoms. The van der Waals surface area contributed by atoms with Crippen molar-refractivity contribution >= 4 is 34.0 Å². The number of methoxy groups -OCH3 is 1. The smallest absolute Gasteiger partial charge is 0.224 e. The molecule has 5 nitrogen and oxygen atoms in total. The van der Waals surface area contributed by atoms with Gasteiger partial charge in [0.15, 0.2) is 11.6 Å². The van der Waals surface area contributed by atoms with E-state index in [1.165, 1.54) is 6.20 Å². The van der Waals surface area contributed by atoms with Crippen LogP contribution in [-0.4, -0.2) is 22.1 Å². The zero-order chi connectivity index (χ0) is 13.9. The van der Waals surface area contributed by atoms with Gasteiger partial charge in [0.05, 0.1) is 30.7 Å². The number of rotatable bonds is 3. The van der Waals surface area contributed by atoms with Gasteiger partial charge in [-0.1, -0.05) is 18.2 Å². The van der Waals surface area contributed by atoms with Crippen LogP contribution < -0.4 is 10.1 Å². The predicted molar refractivity (Wildman–Crippen MR) is 78.6 cm³/mol. The number of aromatic nitrogens is 3. The van der Waals surface area contributed by atoms with Gasteiger partial charge in [-0.2, -0.15) is 4.98 Å². The largest absolute Gasteiger partial charge is 0.491 e. The quantitative estimate of drug-likeness (QED) is 0.748. The van der Waals surface area contributed by atoms with Crippen LogP contribution in [0.15, 0.2) is 42.7 Å². The molecule has 2 aromatic heterocycles. The maximum absolute atomic E-state index is 5.80.